The van der Waals surface area contributed by atoms with Crippen molar-refractivity contribution in [1.82, 2.24) is 0 Å². The van der Waals surface area contributed by atoms with Gasteiger partial charge in [0, 0.05) is 24.3 Å². The van der Waals surface area contributed by atoms with E-state index in [1.165, 1.54) is 32.1 Å². The van der Waals surface area contributed by atoms with Gasteiger partial charge in [-0.05, 0) is 49.8 Å². The molecule has 0 heterocycles. The van der Waals surface area contributed by atoms with E-state index in [0.29, 0.717) is 16.6 Å². The Balaban J connectivity index is 2.05. The molecule has 104 valence electrons. The van der Waals surface area contributed by atoms with Gasteiger partial charge in [-0.3, -0.25) is 4.79 Å². The van der Waals surface area contributed by atoms with Gasteiger partial charge in [0.15, 0.2) is 6.29 Å². The van der Waals surface area contributed by atoms with E-state index in [-0.39, 0.29) is 0 Å². The van der Waals surface area contributed by atoms with Crippen molar-refractivity contribution < 1.29 is 4.79 Å². The summed E-state index contributed by atoms with van der Waals surface area (Å²) in [6.07, 6.45) is 7.26. The summed E-state index contributed by atoms with van der Waals surface area (Å²) in [5, 5.41) is 0.543. The molecule has 0 bridgehead atoms. The van der Waals surface area contributed by atoms with Crippen LogP contribution in [0, 0.1) is 5.92 Å². The van der Waals surface area contributed by atoms with Crippen molar-refractivity contribution in [3.05, 3.63) is 28.8 Å². The van der Waals surface area contributed by atoms with Gasteiger partial charge in [-0.1, -0.05) is 24.9 Å². The van der Waals surface area contributed by atoms with Crippen molar-refractivity contribution in [2.24, 2.45) is 5.92 Å². The van der Waals surface area contributed by atoms with Gasteiger partial charge in [-0.25, -0.2) is 0 Å². The average molecular weight is 280 g/mol. The van der Waals surface area contributed by atoms with Gasteiger partial charge in [-0.2, -0.15) is 0 Å². The Morgan fingerprint density at radius 2 is 2.00 bits per heavy atom. The van der Waals surface area contributed by atoms with E-state index >= 15 is 0 Å². The molecule has 1 saturated carbocycles. The number of benzene rings is 1. The van der Waals surface area contributed by atoms with Crippen molar-refractivity contribution >= 4 is 23.6 Å². The van der Waals surface area contributed by atoms with Gasteiger partial charge in [-0.15, -0.1) is 0 Å². The van der Waals surface area contributed by atoms with Crippen LogP contribution in [0.5, 0.6) is 0 Å². The van der Waals surface area contributed by atoms with E-state index < -0.39 is 0 Å². The minimum absolute atomic E-state index is 0.543. The molecule has 0 amide bonds. The molecule has 1 aliphatic carbocycles. The second kappa shape index (κ2) is 6.42. The Morgan fingerprint density at radius 1 is 1.32 bits per heavy atom. The van der Waals surface area contributed by atoms with E-state index in [0.717, 1.165) is 17.9 Å². The van der Waals surface area contributed by atoms with Crippen molar-refractivity contribution in [2.45, 2.75) is 45.1 Å². The Kier molecular flexibility index (Phi) is 4.87. The largest absolute Gasteiger partial charge is 0.372 e. The van der Waals surface area contributed by atoms with Gasteiger partial charge >= 0.3 is 0 Å². The summed E-state index contributed by atoms with van der Waals surface area (Å²) in [4.78, 5) is 13.1. The molecule has 3 heteroatoms. The predicted molar refractivity (Wildman–Crippen MR) is 81.3 cm³/mol. The molecular weight excluding hydrogens is 258 g/mol. The lowest BCUT2D eigenvalue weighted by Gasteiger charge is -2.36. The number of rotatable bonds is 4. The molecule has 1 aliphatic rings. The first-order chi connectivity index (χ1) is 9.15. The Bertz CT molecular complexity index is 438. The summed E-state index contributed by atoms with van der Waals surface area (Å²) >= 11 is 6.10. The van der Waals surface area contributed by atoms with Crippen LogP contribution in [-0.4, -0.2) is 19.4 Å². The molecule has 1 aromatic rings. The topological polar surface area (TPSA) is 20.3 Å². The number of anilines is 1. The van der Waals surface area contributed by atoms with Crippen molar-refractivity contribution in [2.75, 3.05) is 11.9 Å². The SMILES string of the molecule is CCC1CCC(N(C)c2ccc(C=O)c(Cl)c2)CC1. The van der Waals surface area contributed by atoms with E-state index in [2.05, 4.69) is 18.9 Å². The molecule has 2 rings (SSSR count). The number of carbonyl (C=O) groups excluding carboxylic acids is 1. The first-order valence-electron chi connectivity index (χ1n) is 7.13. The predicted octanol–water partition coefficient (Wildman–Crippen LogP) is 4.56. The highest BCUT2D eigenvalue weighted by Gasteiger charge is 2.23. The fraction of sp³-hybridized carbons (Fsp3) is 0.562. The highest BCUT2D eigenvalue weighted by atomic mass is 35.5. The molecule has 0 atom stereocenters. The third-order valence-corrected chi connectivity index (χ3v) is 4.79. The monoisotopic (exact) mass is 279 g/mol. The minimum Gasteiger partial charge on any atom is -0.372 e. The first-order valence-corrected chi connectivity index (χ1v) is 7.51. The fourth-order valence-electron chi connectivity index (χ4n) is 2.98. The Hall–Kier alpha value is -1.02. The second-order valence-electron chi connectivity index (χ2n) is 5.52. The van der Waals surface area contributed by atoms with Crippen LogP contribution in [0.15, 0.2) is 18.2 Å². The number of hydrogen-bond donors (Lipinski definition) is 0. The lowest BCUT2D eigenvalue weighted by molar-refractivity contribution is 0.112. The fourth-order valence-corrected chi connectivity index (χ4v) is 3.20. The Labute approximate surface area is 120 Å². The molecule has 1 aromatic carbocycles. The van der Waals surface area contributed by atoms with Crippen LogP contribution < -0.4 is 4.90 Å². The summed E-state index contributed by atoms with van der Waals surface area (Å²) in [5.74, 6) is 0.908. The van der Waals surface area contributed by atoms with Gasteiger partial charge in [0.05, 0.1) is 5.02 Å². The zero-order chi connectivity index (χ0) is 13.8. The van der Waals surface area contributed by atoms with Crippen LogP contribution in [-0.2, 0) is 0 Å². The summed E-state index contributed by atoms with van der Waals surface area (Å²) in [6, 6.07) is 6.29. The maximum absolute atomic E-state index is 10.8. The average Bonchev–Trinajstić information content (AvgIpc) is 2.46. The third-order valence-electron chi connectivity index (χ3n) is 4.46. The maximum atomic E-state index is 10.8. The quantitative estimate of drug-likeness (QED) is 0.753. The van der Waals surface area contributed by atoms with Crippen LogP contribution in [0.2, 0.25) is 5.02 Å². The van der Waals surface area contributed by atoms with Gasteiger partial charge in [0.25, 0.3) is 0 Å². The summed E-state index contributed by atoms with van der Waals surface area (Å²) in [6.45, 7) is 2.28. The second-order valence-corrected chi connectivity index (χ2v) is 5.92. The zero-order valence-electron chi connectivity index (χ0n) is 11.7. The zero-order valence-corrected chi connectivity index (χ0v) is 12.5. The van der Waals surface area contributed by atoms with Gasteiger partial charge in [0.2, 0.25) is 0 Å². The standard InChI is InChI=1S/C16H22ClNO/c1-3-12-4-7-14(8-5-12)18(2)15-9-6-13(11-19)16(17)10-15/h6,9-12,14H,3-5,7-8H2,1-2H3. The van der Waals surface area contributed by atoms with Gasteiger partial charge < -0.3 is 4.90 Å². The maximum Gasteiger partial charge on any atom is 0.151 e. The lowest BCUT2D eigenvalue weighted by Crippen LogP contribution is -2.35. The van der Waals surface area contributed by atoms with Crippen molar-refractivity contribution in [1.29, 1.82) is 0 Å². The smallest absolute Gasteiger partial charge is 0.151 e. The number of aldehydes is 1. The van der Waals surface area contributed by atoms with E-state index in [4.69, 9.17) is 11.6 Å². The molecular formula is C16H22ClNO. The third kappa shape index (κ3) is 3.30. The number of halogens is 1. The normalized spacial score (nSPS) is 23.1. The Morgan fingerprint density at radius 3 is 2.53 bits per heavy atom. The summed E-state index contributed by atoms with van der Waals surface area (Å²) < 4.78 is 0. The lowest BCUT2D eigenvalue weighted by atomic mass is 9.84. The van der Waals surface area contributed by atoms with E-state index in [9.17, 15) is 4.79 Å². The summed E-state index contributed by atoms with van der Waals surface area (Å²) in [7, 11) is 2.13. The van der Waals surface area contributed by atoms with Gasteiger partial charge in [0.1, 0.15) is 0 Å². The van der Waals surface area contributed by atoms with Crippen LogP contribution >= 0.6 is 11.6 Å². The number of hydrogen-bond acceptors (Lipinski definition) is 2. The van der Waals surface area contributed by atoms with E-state index in [1.807, 2.05) is 12.1 Å². The molecule has 0 radical (unpaired) electrons. The van der Waals surface area contributed by atoms with Crippen molar-refractivity contribution in [3.8, 4) is 0 Å². The number of carbonyl (C=O) groups is 1. The molecule has 2 nitrogen and oxygen atoms in total. The molecule has 0 saturated heterocycles. The minimum atomic E-state index is 0.543. The molecule has 19 heavy (non-hydrogen) atoms. The molecule has 0 N–H and O–H groups in total. The first kappa shape index (κ1) is 14.4. The number of nitrogens with zero attached hydrogens (tertiary/aromatic N) is 1. The molecule has 0 unspecified atom stereocenters. The molecule has 0 aromatic heterocycles. The van der Waals surface area contributed by atoms with Crippen molar-refractivity contribution in [3.63, 3.8) is 0 Å². The molecule has 0 spiro atoms. The van der Waals surface area contributed by atoms with Crippen LogP contribution in [0.25, 0.3) is 0 Å². The molecule has 1 fully saturated rings. The van der Waals surface area contributed by atoms with Crippen LogP contribution in [0.3, 0.4) is 0 Å². The van der Waals surface area contributed by atoms with Crippen LogP contribution in [0.4, 0.5) is 5.69 Å². The highest BCUT2D eigenvalue weighted by Crippen LogP contribution is 2.32. The van der Waals surface area contributed by atoms with Crippen LogP contribution in [0.1, 0.15) is 49.4 Å². The summed E-state index contributed by atoms with van der Waals surface area (Å²) in [5.41, 5.74) is 1.67. The highest BCUT2D eigenvalue weighted by molar-refractivity contribution is 6.33. The molecule has 0 aliphatic heterocycles. The van der Waals surface area contributed by atoms with E-state index in [1.54, 1.807) is 6.07 Å².